The molecule has 3 heterocycles. The van der Waals surface area contributed by atoms with Gasteiger partial charge in [0.25, 0.3) is 10.0 Å². The molecule has 0 atom stereocenters. The van der Waals surface area contributed by atoms with Gasteiger partial charge < -0.3 is 13.8 Å². The fourth-order valence-corrected chi connectivity index (χ4v) is 6.49. The molecule has 0 aliphatic carbocycles. The maximum atomic E-state index is 13.6. The SMILES string of the molecule is CCOC(=O)Cc1cc(Cn2c(CC)nc3c(C)cc(C)nc32)ccc1-c1ccccc1S(=O)(=O)Nc1noc(C)c1C. The van der Waals surface area contributed by atoms with Crippen molar-refractivity contribution in [3.8, 4) is 11.1 Å². The number of nitrogens with zero attached hydrogens (tertiary/aromatic N) is 4. The second-order valence-electron chi connectivity index (χ2n) is 10.5. The van der Waals surface area contributed by atoms with Crippen molar-refractivity contribution in [3.63, 3.8) is 0 Å². The molecule has 0 aliphatic rings. The van der Waals surface area contributed by atoms with E-state index in [0.717, 1.165) is 40.2 Å². The van der Waals surface area contributed by atoms with Gasteiger partial charge in [-0.1, -0.05) is 48.5 Å². The quantitative estimate of drug-likeness (QED) is 0.198. The molecule has 0 spiro atoms. The molecule has 0 saturated heterocycles. The van der Waals surface area contributed by atoms with Gasteiger partial charge in [0, 0.05) is 23.2 Å². The Kier molecular flexibility index (Phi) is 8.36. The molecular formula is C32H35N5O5S. The third-order valence-electron chi connectivity index (χ3n) is 7.42. The van der Waals surface area contributed by atoms with E-state index in [-0.39, 0.29) is 23.7 Å². The van der Waals surface area contributed by atoms with E-state index in [1.807, 2.05) is 38.1 Å². The zero-order chi connectivity index (χ0) is 30.9. The van der Waals surface area contributed by atoms with Crippen LogP contribution in [-0.2, 0) is 38.9 Å². The number of carbonyl (C=O) groups is 1. The van der Waals surface area contributed by atoms with Crippen LogP contribution >= 0.6 is 0 Å². The Morgan fingerprint density at radius 1 is 1.00 bits per heavy atom. The topological polar surface area (TPSA) is 129 Å². The average Bonchev–Trinajstić information content (AvgIpc) is 3.47. The number of imidazole rings is 1. The number of anilines is 1. The van der Waals surface area contributed by atoms with E-state index in [4.69, 9.17) is 19.2 Å². The lowest BCUT2D eigenvalue weighted by atomic mass is 9.95. The summed E-state index contributed by atoms with van der Waals surface area (Å²) in [6, 6.07) is 14.4. The lowest BCUT2D eigenvalue weighted by molar-refractivity contribution is -0.142. The van der Waals surface area contributed by atoms with Crippen LogP contribution in [0.2, 0.25) is 0 Å². The van der Waals surface area contributed by atoms with Crippen molar-refractivity contribution in [2.45, 2.75) is 65.8 Å². The number of nitrogens with one attached hydrogen (secondary N) is 1. The third-order valence-corrected chi connectivity index (χ3v) is 8.82. The van der Waals surface area contributed by atoms with Gasteiger partial charge in [0.1, 0.15) is 17.1 Å². The summed E-state index contributed by atoms with van der Waals surface area (Å²) in [5.41, 5.74) is 6.90. The minimum Gasteiger partial charge on any atom is -0.466 e. The molecule has 0 unspecified atom stereocenters. The van der Waals surface area contributed by atoms with Crippen LogP contribution in [0.25, 0.3) is 22.3 Å². The van der Waals surface area contributed by atoms with Crippen LogP contribution in [0.5, 0.6) is 0 Å². The molecule has 5 rings (SSSR count). The van der Waals surface area contributed by atoms with Crippen LogP contribution < -0.4 is 4.72 Å². The largest absolute Gasteiger partial charge is 0.466 e. The number of carbonyl (C=O) groups excluding carboxylic acids is 1. The van der Waals surface area contributed by atoms with E-state index in [2.05, 4.69) is 21.4 Å². The summed E-state index contributed by atoms with van der Waals surface area (Å²) in [5.74, 6) is 1.17. The number of hydrogen-bond acceptors (Lipinski definition) is 8. The summed E-state index contributed by atoms with van der Waals surface area (Å²) in [6.45, 7) is 12.0. The Hall–Kier alpha value is -4.51. The van der Waals surface area contributed by atoms with Crippen molar-refractivity contribution in [2.24, 2.45) is 0 Å². The van der Waals surface area contributed by atoms with Crippen LogP contribution in [-0.4, -0.2) is 40.7 Å². The van der Waals surface area contributed by atoms with Gasteiger partial charge in [0.05, 0.1) is 24.5 Å². The van der Waals surface area contributed by atoms with Crippen molar-refractivity contribution < 1.29 is 22.5 Å². The molecule has 1 N–H and O–H groups in total. The number of fused-ring (bicyclic) bond motifs is 1. The second-order valence-corrected chi connectivity index (χ2v) is 12.2. The predicted octanol–water partition coefficient (Wildman–Crippen LogP) is 5.84. The molecule has 0 radical (unpaired) electrons. The summed E-state index contributed by atoms with van der Waals surface area (Å²) in [4.78, 5) is 22.4. The predicted molar refractivity (Wildman–Crippen MR) is 164 cm³/mol. The second kappa shape index (κ2) is 12.0. The lowest BCUT2D eigenvalue weighted by Gasteiger charge is -2.17. The monoisotopic (exact) mass is 601 g/mol. The number of ether oxygens (including phenoxy) is 1. The number of pyridine rings is 1. The minimum absolute atomic E-state index is 0.0256. The van der Waals surface area contributed by atoms with Gasteiger partial charge in [0.2, 0.25) is 0 Å². The van der Waals surface area contributed by atoms with Gasteiger partial charge in [-0.2, -0.15) is 0 Å². The summed E-state index contributed by atoms with van der Waals surface area (Å²) in [7, 11) is -4.06. The number of aromatic nitrogens is 4. The first-order valence-corrected chi connectivity index (χ1v) is 15.7. The molecule has 10 nitrogen and oxygen atoms in total. The summed E-state index contributed by atoms with van der Waals surface area (Å²) >= 11 is 0. The number of aryl methyl sites for hydroxylation is 4. The Morgan fingerprint density at radius 2 is 1.77 bits per heavy atom. The van der Waals surface area contributed by atoms with Crippen LogP contribution in [0.1, 0.15) is 53.4 Å². The Balaban J connectivity index is 1.60. The van der Waals surface area contributed by atoms with E-state index >= 15 is 0 Å². The zero-order valence-corrected chi connectivity index (χ0v) is 26.0. The molecule has 0 fully saturated rings. The maximum absolute atomic E-state index is 13.6. The third kappa shape index (κ3) is 6.03. The van der Waals surface area contributed by atoms with E-state index < -0.39 is 16.0 Å². The van der Waals surface area contributed by atoms with Gasteiger partial charge in [-0.25, -0.2) is 18.4 Å². The maximum Gasteiger partial charge on any atom is 0.310 e. The highest BCUT2D eigenvalue weighted by Gasteiger charge is 2.24. The molecule has 2 aromatic carbocycles. The van der Waals surface area contributed by atoms with Gasteiger partial charge in [-0.3, -0.25) is 9.52 Å². The lowest BCUT2D eigenvalue weighted by Crippen LogP contribution is -2.16. The van der Waals surface area contributed by atoms with E-state index in [1.54, 1.807) is 39.0 Å². The fourth-order valence-electron chi connectivity index (χ4n) is 5.21. The van der Waals surface area contributed by atoms with Crippen molar-refractivity contribution in [1.82, 2.24) is 19.7 Å². The molecule has 5 aromatic rings. The van der Waals surface area contributed by atoms with Crippen molar-refractivity contribution in [1.29, 1.82) is 0 Å². The summed E-state index contributed by atoms with van der Waals surface area (Å²) in [6.07, 6.45) is 0.702. The summed E-state index contributed by atoms with van der Waals surface area (Å²) < 4.78 is 42.3. The fraction of sp³-hybridized carbons (Fsp3) is 0.312. The van der Waals surface area contributed by atoms with Crippen molar-refractivity contribution in [3.05, 3.63) is 88.1 Å². The molecule has 0 amide bonds. The Labute approximate surface area is 251 Å². The summed E-state index contributed by atoms with van der Waals surface area (Å²) in [5, 5.41) is 3.86. The van der Waals surface area contributed by atoms with Crippen LogP contribution in [0, 0.1) is 27.7 Å². The first-order valence-electron chi connectivity index (χ1n) is 14.2. The molecule has 0 saturated carbocycles. The molecule has 3 aromatic heterocycles. The zero-order valence-electron chi connectivity index (χ0n) is 25.2. The van der Waals surface area contributed by atoms with Crippen LogP contribution in [0.15, 0.2) is 57.9 Å². The van der Waals surface area contributed by atoms with E-state index in [9.17, 15) is 13.2 Å². The Morgan fingerprint density at radius 3 is 2.47 bits per heavy atom. The average molecular weight is 602 g/mol. The highest BCUT2D eigenvalue weighted by Crippen LogP contribution is 2.33. The molecular weight excluding hydrogens is 566 g/mol. The molecule has 0 aliphatic heterocycles. The van der Waals surface area contributed by atoms with Gasteiger partial charge in [0.15, 0.2) is 11.5 Å². The highest BCUT2D eigenvalue weighted by molar-refractivity contribution is 7.92. The molecule has 43 heavy (non-hydrogen) atoms. The van der Waals surface area contributed by atoms with Crippen LogP contribution in [0.4, 0.5) is 5.82 Å². The van der Waals surface area contributed by atoms with Gasteiger partial charge >= 0.3 is 5.97 Å². The first-order chi connectivity index (χ1) is 20.5. The molecule has 0 bridgehead atoms. The number of hydrogen-bond donors (Lipinski definition) is 1. The standard InChI is InChI=1S/C32H35N5O5S/c1-7-28-34-30-19(3)15-20(4)33-32(30)37(28)18-23-13-14-25(24(16-23)17-29(38)41-8-2)26-11-9-10-12-27(26)43(39,40)36-31-21(5)22(6)42-35-31/h9-16H,7-8,17-18H2,1-6H3,(H,35,36). The number of sulfonamides is 1. The minimum atomic E-state index is -4.06. The van der Waals surface area contributed by atoms with Gasteiger partial charge in [-0.15, -0.1) is 0 Å². The van der Waals surface area contributed by atoms with Crippen LogP contribution in [0.3, 0.4) is 0 Å². The first kappa shape index (κ1) is 30.0. The van der Waals surface area contributed by atoms with Crippen molar-refractivity contribution >= 4 is 33.0 Å². The van der Waals surface area contributed by atoms with Crippen molar-refractivity contribution in [2.75, 3.05) is 11.3 Å². The van der Waals surface area contributed by atoms with E-state index in [0.29, 0.717) is 34.6 Å². The van der Waals surface area contributed by atoms with Gasteiger partial charge in [-0.05, 0) is 69.0 Å². The normalized spacial score (nSPS) is 11.7. The highest BCUT2D eigenvalue weighted by atomic mass is 32.2. The van der Waals surface area contributed by atoms with E-state index in [1.165, 1.54) is 6.07 Å². The molecule has 224 valence electrons. The Bertz CT molecular complexity index is 1940. The molecule has 11 heteroatoms. The number of benzene rings is 2. The smallest absolute Gasteiger partial charge is 0.310 e. The number of esters is 1. The number of rotatable bonds is 10.